The molecule has 0 saturated carbocycles. The lowest BCUT2D eigenvalue weighted by molar-refractivity contribution is -0.139. The van der Waals surface area contributed by atoms with Crippen molar-refractivity contribution in [2.75, 3.05) is 26.8 Å². The van der Waals surface area contributed by atoms with Crippen LogP contribution >= 0.6 is 22.9 Å². The summed E-state index contributed by atoms with van der Waals surface area (Å²) in [4.78, 5) is 47.5. The van der Waals surface area contributed by atoms with Crippen molar-refractivity contribution in [3.8, 4) is 5.75 Å². The number of aromatic nitrogens is 2. The fourth-order valence-corrected chi connectivity index (χ4v) is 7.10. The average molecular weight is 619 g/mol. The Labute approximate surface area is 256 Å². The molecular weight excluding hydrogens is 588 g/mol. The Morgan fingerprint density at radius 2 is 1.93 bits per heavy atom. The Morgan fingerprint density at radius 3 is 2.67 bits per heavy atom. The number of esters is 1. The van der Waals surface area contributed by atoms with Gasteiger partial charge in [-0.2, -0.15) is 0 Å². The van der Waals surface area contributed by atoms with Gasteiger partial charge in [-0.3, -0.25) is 14.2 Å². The zero-order valence-electron chi connectivity index (χ0n) is 24.1. The molecule has 43 heavy (non-hydrogen) atoms. The summed E-state index contributed by atoms with van der Waals surface area (Å²) in [5.41, 5.74) is 2.67. The van der Waals surface area contributed by atoms with Crippen molar-refractivity contribution in [1.29, 1.82) is 0 Å². The van der Waals surface area contributed by atoms with E-state index in [0.29, 0.717) is 31.4 Å². The van der Waals surface area contributed by atoms with Crippen LogP contribution in [0, 0.1) is 0 Å². The van der Waals surface area contributed by atoms with E-state index < -0.39 is 12.0 Å². The number of likely N-dealkylation sites (tertiary alicyclic amines) is 1. The molecule has 2 aliphatic rings. The molecule has 2 aromatic heterocycles. The molecule has 0 N–H and O–H groups in total. The first kappa shape index (κ1) is 28.9. The molecule has 4 heterocycles. The van der Waals surface area contributed by atoms with E-state index in [1.54, 1.807) is 32.0 Å². The Balaban J connectivity index is 1.51. The summed E-state index contributed by atoms with van der Waals surface area (Å²) in [5.74, 6) is 0.00336. The first-order chi connectivity index (χ1) is 20.8. The largest absolute Gasteiger partial charge is 0.496 e. The predicted octanol–water partition coefficient (Wildman–Crippen LogP) is 4.04. The molecule has 2 aliphatic heterocycles. The van der Waals surface area contributed by atoms with Crippen molar-refractivity contribution in [1.82, 2.24) is 14.0 Å². The summed E-state index contributed by atoms with van der Waals surface area (Å²) in [6, 6.07) is 12.1. The summed E-state index contributed by atoms with van der Waals surface area (Å²) in [5, 5.41) is 1.37. The number of carbonyl (C=O) groups is 2. The van der Waals surface area contributed by atoms with E-state index in [9.17, 15) is 14.4 Å². The summed E-state index contributed by atoms with van der Waals surface area (Å²) in [6.45, 7) is 5.44. The standard InChI is InChI=1S/C32H31ClN4O5S/c1-4-42-31(40)28-19(2)34-32-37(29(28)23-16-21(33)11-12-25(23)41-3)30(39)26(43-32)15-20-17-36(24-10-6-5-9-22(20)24)18-27(38)35-13-7-8-14-35/h5-6,9-12,15-17,29H,4,7-8,13-14,18H2,1-3H3/b26-15-/t29-/m1/s1. The molecule has 2 aromatic carbocycles. The van der Waals surface area contributed by atoms with Crippen molar-refractivity contribution in [2.45, 2.75) is 39.3 Å². The molecule has 0 unspecified atom stereocenters. The number of rotatable bonds is 7. The van der Waals surface area contributed by atoms with Crippen LogP contribution in [-0.2, 0) is 20.9 Å². The third-order valence-corrected chi connectivity index (χ3v) is 9.09. The van der Waals surface area contributed by atoms with Crippen LogP contribution in [-0.4, -0.2) is 52.7 Å². The first-order valence-electron chi connectivity index (χ1n) is 14.2. The zero-order chi connectivity index (χ0) is 30.2. The van der Waals surface area contributed by atoms with Gasteiger partial charge in [0.1, 0.15) is 18.3 Å². The number of ether oxygens (including phenoxy) is 2. The maximum atomic E-state index is 14.2. The molecule has 6 rings (SSSR count). The van der Waals surface area contributed by atoms with E-state index in [1.807, 2.05) is 46.0 Å². The van der Waals surface area contributed by atoms with Crippen LogP contribution in [0.2, 0.25) is 5.02 Å². The molecule has 222 valence electrons. The van der Waals surface area contributed by atoms with Crippen LogP contribution in [0.15, 0.2) is 69.7 Å². The number of amides is 1. The van der Waals surface area contributed by atoms with Gasteiger partial charge >= 0.3 is 5.97 Å². The number of para-hydroxylation sites is 1. The molecule has 1 saturated heterocycles. The van der Waals surface area contributed by atoms with E-state index >= 15 is 0 Å². The Morgan fingerprint density at radius 1 is 1.16 bits per heavy atom. The Kier molecular flexibility index (Phi) is 7.98. The average Bonchev–Trinajstić information content (AvgIpc) is 3.72. The number of nitrogens with zero attached hydrogens (tertiary/aromatic N) is 4. The molecule has 1 amide bonds. The number of carbonyl (C=O) groups excluding carboxylic acids is 2. The molecule has 0 radical (unpaired) electrons. The second kappa shape index (κ2) is 11.9. The van der Waals surface area contributed by atoms with E-state index in [0.717, 1.165) is 42.4 Å². The van der Waals surface area contributed by atoms with Gasteiger partial charge in [0, 0.05) is 46.3 Å². The predicted molar refractivity (Wildman–Crippen MR) is 166 cm³/mol. The van der Waals surface area contributed by atoms with Crippen LogP contribution in [0.1, 0.15) is 43.9 Å². The normalized spacial score (nSPS) is 16.9. The summed E-state index contributed by atoms with van der Waals surface area (Å²) in [7, 11) is 1.53. The zero-order valence-corrected chi connectivity index (χ0v) is 25.7. The lowest BCUT2D eigenvalue weighted by Crippen LogP contribution is -2.40. The van der Waals surface area contributed by atoms with Gasteiger partial charge in [0.2, 0.25) is 5.91 Å². The molecule has 9 nitrogen and oxygen atoms in total. The highest BCUT2D eigenvalue weighted by Gasteiger charge is 2.35. The van der Waals surface area contributed by atoms with Gasteiger partial charge < -0.3 is 18.9 Å². The molecule has 11 heteroatoms. The monoisotopic (exact) mass is 618 g/mol. The van der Waals surface area contributed by atoms with Gasteiger partial charge in [0.15, 0.2) is 4.80 Å². The number of benzene rings is 2. The summed E-state index contributed by atoms with van der Waals surface area (Å²) in [6.07, 6.45) is 5.81. The Hall–Kier alpha value is -4.15. The minimum atomic E-state index is -0.856. The van der Waals surface area contributed by atoms with Crippen molar-refractivity contribution >= 4 is 51.8 Å². The third-order valence-electron chi connectivity index (χ3n) is 7.87. The molecular formula is C32H31ClN4O5S. The number of methoxy groups -OCH3 is 1. The van der Waals surface area contributed by atoms with E-state index in [4.69, 9.17) is 21.1 Å². The number of hydrogen-bond acceptors (Lipinski definition) is 7. The van der Waals surface area contributed by atoms with Crippen LogP contribution in [0.25, 0.3) is 17.0 Å². The SMILES string of the molecule is CCOC(=O)C1=C(C)N=c2s/c(=C\c3cn(CC(=O)N4CCCC4)c4ccccc34)c(=O)n2[C@@H]1c1cc(Cl)ccc1OC. The third kappa shape index (κ3) is 5.29. The van der Waals surface area contributed by atoms with Gasteiger partial charge in [-0.25, -0.2) is 9.79 Å². The second-order valence-electron chi connectivity index (χ2n) is 10.5. The molecule has 1 atom stereocenters. The van der Waals surface area contributed by atoms with Gasteiger partial charge in [0.05, 0.1) is 29.5 Å². The van der Waals surface area contributed by atoms with Crippen molar-refractivity contribution < 1.29 is 19.1 Å². The lowest BCUT2D eigenvalue weighted by atomic mass is 9.95. The van der Waals surface area contributed by atoms with Gasteiger partial charge in [-0.15, -0.1) is 0 Å². The van der Waals surface area contributed by atoms with Crippen molar-refractivity contribution in [3.63, 3.8) is 0 Å². The van der Waals surface area contributed by atoms with E-state index in [2.05, 4.69) is 4.99 Å². The maximum Gasteiger partial charge on any atom is 0.338 e. The molecule has 1 fully saturated rings. The fraction of sp³-hybridized carbons (Fsp3) is 0.312. The lowest BCUT2D eigenvalue weighted by Gasteiger charge is -2.26. The van der Waals surface area contributed by atoms with E-state index in [1.165, 1.54) is 23.0 Å². The number of halogens is 1. The van der Waals surface area contributed by atoms with Crippen LogP contribution in [0.5, 0.6) is 5.75 Å². The van der Waals surface area contributed by atoms with Gasteiger partial charge in [0.25, 0.3) is 5.56 Å². The molecule has 0 bridgehead atoms. The maximum absolute atomic E-state index is 14.2. The summed E-state index contributed by atoms with van der Waals surface area (Å²) < 4.78 is 14.9. The number of allylic oxidation sites excluding steroid dienone is 1. The minimum Gasteiger partial charge on any atom is -0.496 e. The van der Waals surface area contributed by atoms with Gasteiger partial charge in [-0.05, 0) is 57.0 Å². The number of hydrogen-bond donors (Lipinski definition) is 0. The highest BCUT2D eigenvalue weighted by molar-refractivity contribution is 7.07. The Bertz CT molecular complexity index is 1970. The number of thiazole rings is 1. The topological polar surface area (TPSA) is 95.1 Å². The highest BCUT2D eigenvalue weighted by Crippen LogP contribution is 2.37. The molecule has 4 aromatic rings. The molecule has 0 spiro atoms. The van der Waals surface area contributed by atoms with Crippen molar-refractivity contribution in [3.05, 3.63) is 95.8 Å². The van der Waals surface area contributed by atoms with Crippen molar-refractivity contribution in [2.24, 2.45) is 4.99 Å². The van der Waals surface area contributed by atoms with Crippen LogP contribution in [0.3, 0.4) is 0 Å². The minimum absolute atomic E-state index is 0.0848. The van der Waals surface area contributed by atoms with Crippen LogP contribution < -0.4 is 19.6 Å². The quantitative estimate of drug-likeness (QED) is 0.292. The van der Waals surface area contributed by atoms with Gasteiger partial charge in [-0.1, -0.05) is 41.1 Å². The molecule has 0 aliphatic carbocycles. The van der Waals surface area contributed by atoms with E-state index in [-0.39, 0.29) is 30.2 Å². The second-order valence-corrected chi connectivity index (χ2v) is 12.0. The first-order valence-corrected chi connectivity index (χ1v) is 15.4. The van der Waals surface area contributed by atoms with Crippen LogP contribution in [0.4, 0.5) is 0 Å². The number of fused-ring (bicyclic) bond motifs is 2. The smallest absolute Gasteiger partial charge is 0.338 e. The highest BCUT2D eigenvalue weighted by atomic mass is 35.5. The summed E-state index contributed by atoms with van der Waals surface area (Å²) >= 11 is 7.64. The fourth-order valence-electron chi connectivity index (χ4n) is 5.88.